The highest BCUT2D eigenvalue weighted by Crippen LogP contribution is 2.51. The van der Waals surface area contributed by atoms with Gasteiger partial charge in [0, 0.05) is 17.2 Å². The number of carbonyl (C=O) groups is 4. The molecule has 3 amide bonds. The SMILES string of the molecule is COC(=O)N1C(=O)C2C(c3ccc(OC)c(C)c3OC)NC(C)(C(=O)O)C2C1=O. The van der Waals surface area contributed by atoms with Gasteiger partial charge in [0.1, 0.15) is 17.0 Å². The average molecular weight is 406 g/mol. The molecule has 2 fully saturated rings. The summed E-state index contributed by atoms with van der Waals surface area (Å²) >= 11 is 0. The van der Waals surface area contributed by atoms with Crippen molar-refractivity contribution in [2.75, 3.05) is 21.3 Å². The lowest BCUT2D eigenvalue weighted by Gasteiger charge is -2.27. The van der Waals surface area contributed by atoms with Crippen LogP contribution in [0.2, 0.25) is 0 Å². The molecule has 0 radical (unpaired) electrons. The Morgan fingerprint density at radius 2 is 1.79 bits per heavy atom. The van der Waals surface area contributed by atoms with Gasteiger partial charge >= 0.3 is 12.1 Å². The highest BCUT2D eigenvalue weighted by molar-refractivity contribution is 6.18. The lowest BCUT2D eigenvalue weighted by molar-refractivity contribution is -0.149. The van der Waals surface area contributed by atoms with E-state index in [1.54, 1.807) is 19.1 Å². The van der Waals surface area contributed by atoms with Gasteiger partial charge in [-0.05, 0) is 19.9 Å². The van der Waals surface area contributed by atoms with Crippen LogP contribution in [0.3, 0.4) is 0 Å². The van der Waals surface area contributed by atoms with Crippen LogP contribution in [0.5, 0.6) is 11.5 Å². The highest BCUT2D eigenvalue weighted by Gasteiger charge is 2.68. The first-order chi connectivity index (χ1) is 13.6. The first-order valence-electron chi connectivity index (χ1n) is 8.82. The van der Waals surface area contributed by atoms with Crippen molar-refractivity contribution >= 4 is 23.9 Å². The molecule has 2 saturated heterocycles. The van der Waals surface area contributed by atoms with Gasteiger partial charge in [-0.3, -0.25) is 19.7 Å². The molecule has 29 heavy (non-hydrogen) atoms. The average Bonchev–Trinajstić information content (AvgIpc) is 3.15. The van der Waals surface area contributed by atoms with Gasteiger partial charge in [0.15, 0.2) is 0 Å². The molecule has 3 rings (SSSR count). The van der Waals surface area contributed by atoms with Crippen LogP contribution in [0.4, 0.5) is 4.79 Å². The van der Waals surface area contributed by atoms with Crippen molar-refractivity contribution in [3.05, 3.63) is 23.3 Å². The smallest absolute Gasteiger partial charge is 0.423 e. The minimum Gasteiger partial charge on any atom is -0.496 e. The van der Waals surface area contributed by atoms with Crippen molar-refractivity contribution in [1.82, 2.24) is 10.2 Å². The number of benzene rings is 1. The molecule has 4 unspecified atom stereocenters. The molecular formula is C19H22N2O8. The number of hydrogen-bond acceptors (Lipinski definition) is 8. The normalized spacial score (nSPS) is 28.3. The molecular weight excluding hydrogens is 384 g/mol. The third-order valence-electron chi connectivity index (χ3n) is 5.73. The number of amides is 3. The summed E-state index contributed by atoms with van der Waals surface area (Å²) < 4.78 is 15.3. The van der Waals surface area contributed by atoms with Gasteiger partial charge in [-0.15, -0.1) is 0 Å². The zero-order chi connectivity index (χ0) is 21.7. The Morgan fingerprint density at radius 1 is 1.14 bits per heavy atom. The van der Waals surface area contributed by atoms with Crippen molar-refractivity contribution in [3.63, 3.8) is 0 Å². The van der Waals surface area contributed by atoms with E-state index in [0.29, 0.717) is 27.5 Å². The summed E-state index contributed by atoms with van der Waals surface area (Å²) in [6.07, 6.45) is -1.14. The molecule has 10 heteroatoms. The van der Waals surface area contributed by atoms with Crippen molar-refractivity contribution < 1.29 is 38.5 Å². The first-order valence-corrected chi connectivity index (χ1v) is 8.82. The molecule has 1 aromatic rings. The van der Waals surface area contributed by atoms with E-state index in [4.69, 9.17) is 9.47 Å². The van der Waals surface area contributed by atoms with Crippen LogP contribution in [0.1, 0.15) is 24.1 Å². The zero-order valence-electron chi connectivity index (χ0n) is 16.6. The van der Waals surface area contributed by atoms with E-state index in [-0.39, 0.29) is 0 Å². The van der Waals surface area contributed by atoms with Crippen LogP contribution in [-0.2, 0) is 19.1 Å². The number of nitrogens with one attached hydrogen (secondary N) is 1. The van der Waals surface area contributed by atoms with Gasteiger partial charge in [-0.25, -0.2) is 4.79 Å². The van der Waals surface area contributed by atoms with Crippen molar-refractivity contribution in [2.24, 2.45) is 11.8 Å². The number of hydrogen-bond donors (Lipinski definition) is 2. The van der Waals surface area contributed by atoms with E-state index < -0.39 is 47.3 Å². The van der Waals surface area contributed by atoms with E-state index in [0.717, 1.165) is 7.11 Å². The molecule has 1 aromatic carbocycles. The summed E-state index contributed by atoms with van der Waals surface area (Å²) in [5.74, 6) is -4.50. The summed E-state index contributed by atoms with van der Waals surface area (Å²) in [4.78, 5) is 50.3. The molecule has 2 heterocycles. The highest BCUT2D eigenvalue weighted by atomic mass is 16.5. The largest absolute Gasteiger partial charge is 0.496 e. The monoisotopic (exact) mass is 406 g/mol. The number of carbonyl (C=O) groups excluding carboxylic acids is 3. The quantitative estimate of drug-likeness (QED) is 0.699. The second kappa shape index (κ2) is 7.03. The van der Waals surface area contributed by atoms with Crippen LogP contribution in [-0.4, -0.2) is 60.8 Å². The lowest BCUT2D eigenvalue weighted by Crippen LogP contribution is -2.54. The number of fused-ring (bicyclic) bond motifs is 1. The van der Waals surface area contributed by atoms with E-state index in [2.05, 4.69) is 10.1 Å². The van der Waals surface area contributed by atoms with Gasteiger partial charge in [0.25, 0.3) is 0 Å². The number of carboxylic acids is 1. The number of carboxylic acid groups (broad SMARTS) is 1. The Balaban J connectivity index is 2.19. The Hall–Kier alpha value is -3.14. The second-order valence-corrected chi connectivity index (χ2v) is 7.13. The maximum absolute atomic E-state index is 13.0. The number of methoxy groups -OCH3 is 3. The number of aliphatic carboxylic acids is 1. The van der Waals surface area contributed by atoms with Crippen LogP contribution < -0.4 is 14.8 Å². The maximum Gasteiger partial charge on any atom is 0.423 e. The summed E-state index contributed by atoms with van der Waals surface area (Å²) in [7, 11) is 3.98. The fourth-order valence-corrected chi connectivity index (χ4v) is 4.31. The minimum absolute atomic E-state index is 0.382. The predicted molar refractivity (Wildman–Crippen MR) is 97.4 cm³/mol. The van der Waals surface area contributed by atoms with Gasteiger partial charge in [-0.1, -0.05) is 6.07 Å². The molecule has 0 aromatic heterocycles. The van der Waals surface area contributed by atoms with Crippen molar-refractivity contribution in [1.29, 1.82) is 0 Å². The van der Waals surface area contributed by atoms with Crippen molar-refractivity contribution in [3.8, 4) is 11.5 Å². The van der Waals surface area contributed by atoms with Crippen LogP contribution in [0.15, 0.2) is 12.1 Å². The molecule has 0 spiro atoms. The molecule has 10 nitrogen and oxygen atoms in total. The molecule has 156 valence electrons. The molecule has 0 aliphatic carbocycles. The third-order valence-corrected chi connectivity index (χ3v) is 5.73. The molecule has 2 N–H and O–H groups in total. The fraction of sp³-hybridized carbons (Fsp3) is 0.474. The van der Waals surface area contributed by atoms with Gasteiger partial charge in [0.05, 0.1) is 33.2 Å². The second-order valence-electron chi connectivity index (χ2n) is 7.13. The van der Waals surface area contributed by atoms with E-state index >= 15 is 0 Å². The summed E-state index contributed by atoms with van der Waals surface area (Å²) in [6, 6.07) is 2.43. The van der Waals surface area contributed by atoms with Crippen LogP contribution in [0.25, 0.3) is 0 Å². The number of ether oxygens (including phenoxy) is 3. The predicted octanol–water partition coefficient (Wildman–Crippen LogP) is 0.867. The molecule has 0 bridgehead atoms. The maximum atomic E-state index is 13.0. The molecule has 4 atom stereocenters. The number of likely N-dealkylation sites (tertiary alicyclic amines) is 1. The number of imide groups is 3. The Bertz CT molecular complexity index is 914. The van der Waals surface area contributed by atoms with Gasteiger partial charge in [0.2, 0.25) is 11.8 Å². The third kappa shape index (κ3) is 2.74. The van der Waals surface area contributed by atoms with Gasteiger partial charge in [-0.2, -0.15) is 4.90 Å². The Kier molecular flexibility index (Phi) is 4.99. The van der Waals surface area contributed by atoms with Crippen molar-refractivity contribution in [2.45, 2.75) is 25.4 Å². The molecule has 2 aliphatic rings. The first kappa shape index (κ1) is 20.6. The summed E-state index contributed by atoms with van der Waals surface area (Å²) in [6.45, 7) is 3.08. The van der Waals surface area contributed by atoms with Crippen LogP contribution in [0, 0.1) is 18.8 Å². The molecule has 2 aliphatic heterocycles. The Morgan fingerprint density at radius 3 is 2.31 bits per heavy atom. The standard InChI is InChI=1S/C19H22N2O8/c1-8-10(27-3)7-6-9(14(8)28-4)13-11-12(19(2,20-13)17(24)25)16(23)21(15(11)22)18(26)29-5/h6-7,11-13,20H,1-5H3,(H,24,25). The summed E-state index contributed by atoms with van der Waals surface area (Å²) in [5.41, 5.74) is -0.640. The molecule has 0 saturated carbocycles. The minimum atomic E-state index is -1.77. The van der Waals surface area contributed by atoms with E-state index in [1.807, 2.05) is 0 Å². The van der Waals surface area contributed by atoms with E-state index in [9.17, 15) is 24.3 Å². The Labute approximate surface area is 166 Å². The fourth-order valence-electron chi connectivity index (χ4n) is 4.31. The number of nitrogens with zero attached hydrogens (tertiary/aromatic N) is 1. The topological polar surface area (TPSA) is 131 Å². The van der Waals surface area contributed by atoms with E-state index in [1.165, 1.54) is 21.1 Å². The summed E-state index contributed by atoms with van der Waals surface area (Å²) in [5, 5.41) is 12.7. The zero-order valence-corrected chi connectivity index (χ0v) is 16.6. The lowest BCUT2D eigenvalue weighted by atomic mass is 9.80. The van der Waals surface area contributed by atoms with Crippen LogP contribution >= 0.6 is 0 Å². The number of rotatable bonds is 4. The van der Waals surface area contributed by atoms with Gasteiger partial charge < -0.3 is 19.3 Å².